The first-order valence-corrected chi connectivity index (χ1v) is 11.1. The lowest BCUT2D eigenvalue weighted by atomic mass is 10.0. The number of carboxylic acid groups (broad SMARTS) is 1. The third-order valence-corrected chi connectivity index (χ3v) is 5.92. The van der Waals surface area contributed by atoms with Crippen molar-refractivity contribution in [3.63, 3.8) is 0 Å². The molecule has 0 aliphatic carbocycles. The Bertz CT molecular complexity index is 1490. The average molecular weight is 463 g/mol. The van der Waals surface area contributed by atoms with E-state index < -0.39 is 32.6 Å². The minimum Gasteiger partial charge on any atom is -0.507 e. The molecule has 0 unspecified atom stereocenters. The second-order valence-electron chi connectivity index (χ2n) is 7.24. The van der Waals surface area contributed by atoms with Crippen LogP contribution in [0.5, 0.6) is 5.75 Å². The number of phenols is 1. The Morgan fingerprint density at radius 3 is 1.91 bits per heavy atom. The number of aromatic carboxylic acids is 1. The van der Waals surface area contributed by atoms with Crippen molar-refractivity contribution in [3.8, 4) is 16.9 Å². The predicted molar refractivity (Wildman–Crippen MR) is 122 cm³/mol. The number of anilines is 1. The minimum atomic E-state index is -4.51. The first-order chi connectivity index (χ1) is 15.6. The number of carbonyl (C=O) groups excluding carboxylic acids is 1. The number of rotatable bonds is 5. The summed E-state index contributed by atoms with van der Waals surface area (Å²) >= 11 is 0. The van der Waals surface area contributed by atoms with Gasteiger partial charge in [0, 0.05) is 17.0 Å². The maximum atomic E-state index is 12.8. The lowest BCUT2D eigenvalue weighted by Gasteiger charge is -2.12. The molecule has 0 heterocycles. The van der Waals surface area contributed by atoms with E-state index in [-0.39, 0.29) is 16.6 Å². The molecule has 8 nitrogen and oxygen atoms in total. The highest BCUT2D eigenvalue weighted by molar-refractivity contribution is 7.85. The van der Waals surface area contributed by atoms with Crippen molar-refractivity contribution in [2.24, 2.45) is 0 Å². The van der Waals surface area contributed by atoms with E-state index in [1.54, 1.807) is 54.6 Å². The van der Waals surface area contributed by atoms with E-state index in [2.05, 4.69) is 5.32 Å². The Balaban J connectivity index is 1.60. The summed E-state index contributed by atoms with van der Waals surface area (Å²) in [5.41, 5.74) is 2.37. The molecule has 0 aliphatic rings. The maximum absolute atomic E-state index is 12.8. The number of carboxylic acids is 1. The number of phenolic OH excluding ortho intramolecular Hbond substituents is 1. The van der Waals surface area contributed by atoms with Gasteiger partial charge in [0.25, 0.3) is 16.0 Å². The lowest BCUT2D eigenvalue weighted by molar-refractivity contribution is 0.0696. The Morgan fingerprint density at radius 2 is 1.36 bits per heavy atom. The largest absolute Gasteiger partial charge is 0.507 e. The Labute approximate surface area is 188 Å². The number of carbonyl (C=O) groups is 2. The molecule has 4 N–H and O–H groups in total. The molecule has 0 saturated heterocycles. The molecule has 1 amide bonds. The summed E-state index contributed by atoms with van der Waals surface area (Å²) in [6, 6.07) is 19.8. The van der Waals surface area contributed by atoms with Gasteiger partial charge in [0.05, 0.1) is 16.1 Å². The van der Waals surface area contributed by atoms with Crippen LogP contribution in [0.15, 0.2) is 83.8 Å². The van der Waals surface area contributed by atoms with Crippen molar-refractivity contribution >= 4 is 38.5 Å². The molecule has 166 valence electrons. The second-order valence-corrected chi connectivity index (χ2v) is 8.66. The van der Waals surface area contributed by atoms with Gasteiger partial charge in [0.1, 0.15) is 5.75 Å². The van der Waals surface area contributed by atoms with Crippen LogP contribution in [-0.4, -0.2) is 35.1 Å². The third-order valence-electron chi connectivity index (χ3n) is 5.09. The maximum Gasteiger partial charge on any atom is 0.335 e. The first-order valence-electron chi connectivity index (χ1n) is 9.62. The molecule has 0 fully saturated rings. The van der Waals surface area contributed by atoms with Gasteiger partial charge < -0.3 is 15.5 Å². The normalized spacial score (nSPS) is 11.3. The molecule has 0 spiro atoms. The number of amides is 1. The second kappa shape index (κ2) is 8.38. The molecule has 0 radical (unpaired) electrons. The van der Waals surface area contributed by atoms with Crippen LogP contribution < -0.4 is 5.32 Å². The number of aromatic hydroxyl groups is 1. The van der Waals surface area contributed by atoms with E-state index >= 15 is 0 Å². The van der Waals surface area contributed by atoms with Gasteiger partial charge in [-0.3, -0.25) is 9.35 Å². The molecule has 0 atom stereocenters. The molecule has 4 aromatic rings. The fourth-order valence-electron chi connectivity index (χ4n) is 3.45. The van der Waals surface area contributed by atoms with E-state index in [0.717, 1.165) is 17.2 Å². The van der Waals surface area contributed by atoms with Gasteiger partial charge in [-0.05, 0) is 52.9 Å². The van der Waals surface area contributed by atoms with Crippen molar-refractivity contribution in [3.05, 3.63) is 90.0 Å². The highest BCUT2D eigenvalue weighted by atomic mass is 32.2. The van der Waals surface area contributed by atoms with Gasteiger partial charge in [-0.25, -0.2) is 4.79 Å². The van der Waals surface area contributed by atoms with Gasteiger partial charge in [0.2, 0.25) is 0 Å². The molecule has 0 saturated carbocycles. The van der Waals surface area contributed by atoms with E-state index in [1.807, 2.05) is 0 Å². The molecule has 33 heavy (non-hydrogen) atoms. The smallest absolute Gasteiger partial charge is 0.335 e. The molecule has 0 aliphatic heterocycles. The van der Waals surface area contributed by atoms with Crippen LogP contribution in [0.25, 0.3) is 21.9 Å². The number of hydrogen-bond donors (Lipinski definition) is 4. The van der Waals surface area contributed by atoms with Gasteiger partial charge in [-0.15, -0.1) is 0 Å². The van der Waals surface area contributed by atoms with Crippen molar-refractivity contribution in [2.45, 2.75) is 4.90 Å². The summed E-state index contributed by atoms with van der Waals surface area (Å²) in [7, 11) is -4.51. The van der Waals surface area contributed by atoms with Crippen LogP contribution >= 0.6 is 0 Å². The van der Waals surface area contributed by atoms with Crippen LogP contribution in [0.3, 0.4) is 0 Å². The highest BCUT2D eigenvalue weighted by Gasteiger charge is 2.16. The zero-order valence-electron chi connectivity index (χ0n) is 16.9. The van der Waals surface area contributed by atoms with Crippen LogP contribution in [0.4, 0.5) is 5.69 Å². The van der Waals surface area contributed by atoms with E-state index in [1.165, 1.54) is 18.2 Å². The summed E-state index contributed by atoms with van der Waals surface area (Å²) in [6.07, 6.45) is 0. The molecule has 9 heteroatoms. The average Bonchev–Trinajstić information content (AvgIpc) is 2.78. The molecular formula is C24H17NO7S. The topological polar surface area (TPSA) is 141 Å². The van der Waals surface area contributed by atoms with E-state index in [0.29, 0.717) is 10.9 Å². The number of fused-ring (bicyclic) bond motifs is 1. The number of benzene rings is 4. The molecular weight excluding hydrogens is 446 g/mol. The number of hydrogen-bond acceptors (Lipinski definition) is 5. The minimum absolute atomic E-state index is 0.178. The quantitative estimate of drug-likeness (QED) is 0.321. The summed E-state index contributed by atoms with van der Waals surface area (Å²) in [5, 5.41) is 22.6. The SMILES string of the molecule is O=C(O)c1ccc(-c2ccc(C(=O)Nc3cccc4cc(S(=O)(=O)O)cc(O)c34)cc2)cc1. The Kier molecular flexibility index (Phi) is 5.59. The van der Waals surface area contributed by atoms with Crippen molar-refractivity contribution in [1.82, 2.24) is 0 Å². The fraction of sp³-hybridized carbons (Fsp3) is 0. The van der Waals surface area contributed by atoms with Gasteiger partial charge in [-0.2, -0.15) is 8.42 Å². The zero-order valence-corrected chi connectivity index (χ0v) is 17.7. The van der Waals surface area contributed by atoms with Crippen LogP contribution in [0.1, 0.15) is 20.7 Å². The zero-order chi connectivity index (χ0) is 23.8. The summed E-state index contributed by atoms with van der Waals surface area (Å²) in [4.78, 5) is 23.3. The molecule has 0 bridgehead atoms. The predicted octanol–water partition coefficient (Wildman–Crippen LogP) is 4.41. The van der Waals surface area contributed by atoms with Gasteiger partial charge in [0.15, 0.2) is 0 Å². The summed E-state index contributed by atoms with van der Waals surface area (Å²) < 4.78 is 32.0. The van der Waals surface area contributed by atoms with Gasteiger partial charge >= 0.3 is 5.97 Å². The monoisotopic (exact) mass is 463 g/mol. The lowest BCUT2D eigenvalue weighted by Crippen LogP contribution is -2.12. The highest BCUT2D eigenvalue weighted by Crippen LogP contribution is 2.34. The Morgan fingerprint density at radius 1 is 0.788 bits per heavy atom. The Hall–Kier alpha value is -4.21. The van der Waals surface area contributed by atoms with Crippen LogP contribution in [0.2, 0.25) is 0 Å². The van der Waals surface area contributed by atoms with Gasteiger partial charge in [-0.1, -0.05) is 36.4 Å². The standard InChI is InChI=1S/C24H17NO7S/c26-21-13-19(33(30,31)32)12-18-2-1-3-20(22(18)21)25-23(27)16-8-4-14(5-9-16)15-6-10-17(11-7-15)24(28)29/h1-13,26H,(H,25,27)(H,28,29)(H,30,31,32). The van der Waals surface area contributed by atoms with Crippen LogP contribution in [-0.2, 0) is 10.1 Å². The molecule has 0 aromatic heterocycles. The van der Waals surface area contributed by atoms with Crippen molar-refractivity contribution in [1.29, 1.82) is 0 Å². The first kappa shape index (κ1) is 22.0. The molecule has 4 rings (SSSR count). The number of nitrogens with one attached hydrogen (secondary N) is 1. The van der Waals surface area contributed by atoms with E-state index in [4.69, 9.17) is 5.11 Å². The summed E-state index contributed by atoms with van der Waals surface area (Å²) in [6.45, 7) is 0. The fourth-order valence-corrected chi connectivity index (χ4v) is 3.98. The summed E-state index contributed by atoms with van der Waals surface area (Å²) in [5.74, 6) is -1.87. The van der Waals surface area contributed by atoms with Crippen molar-refractivity contribution in [2.75, 3.05) is 5.32 Å². The third kappa shape index (κ3) is 4.54. The van der Waals surface area contributed by atoms with Crippen LogP contribution in [0, 0.1) is 0 Å². The molecule has 4 aromatic carbocycles. The van der Waals surface area contributed by atoms with Crippen molar-refractivity contribution < 1.29 is 32.8 Å². The van der Waals surface area contributed by atoms with E-state index in [9.17, 15) is 27.7 Å².